The summed E-state index contributed by atoms with van der Waals surface area (Å²) in [5.74, 6) is 0.473. The highest BCUT2D eigenvalue weighted by Crippen LogP contribution is 2.24. The van der Waals surface area contributed by atoms with Crippen LogP contribution in [0.3, 0.4) is 0 Å². The van der Waals surface area contributed by atoms with E-state index in [9.17, 15) is 8.42 Å². The number of halogens is 1. The van der Waals surface area contributed by atoms with Gasteiger partial charge in [-0.05, 0) is 31.6 Å². The van der Waals surface area contributed by atoms with Crippen molar-refractivity contribution in [1.82, 2.24) is 8.61 Å². The van der Waals surface area contributed by atoms with E-state index in [1.165, 1.54) is 0 Å². The van der Waals surface area contributed by atoms with Gasteiger partial charge < -0.3 is 0 Å². The monoisotopic (exact) mass is 338 g/mol. The number of hydrogen-bond donors (Lipinski definition) is 0. The quantitative estimate of drug-likeness (QED) is 0.740. The SMILES string of the molecule is O=S(=O)(N1CCCCCC1)N1CCCC(CBr)C1. The van der Waals surface area contributed by atoms with Gasteiger partial charge in [0.2, 0.25) is 0 Å². The van der Waals surface area contributed by atoms with Gasteiger partial charge in [-0.1, -0.05) is 28.8 Å². The lowest BCUT2D eigenvalue weighted by atomic mass is 10.0. The summed E-state index contributed by atoms with van der Waals surface area (Å²) in [6.07, 6.45) is 6.47. The average molecular weight is 339 g/mol. The maximum atomic E-state index is 12.6. The number of nitrogens with zero attached hydrogens (tertiary/aromatic N) is 2. The molecule has 0 bridgehead atoms. The zero-order valence-corrected chi connectivity index (χ0v) is 13.3. The second-order valence-corrected chi connectivity index (χ2v) is 7.92. The van der Waals surface area contributed by atoms with Crippen molar-refractivity contribution >= 4 is 26.1 Å². The molecule has 6 heteroatoms. The highest BCUT2D eigenvalue weighted by Gasteiger charge is 2.33. The van der Waals surface area contributed by atoms with Crippen LogP contribution in [0, 0.1) is 5.92 Å². The molecule has 2 saturated heterocycles. The Morgan fingerprint density at radius 2 is 1.56 bits per heavy atom. The van der Waals surface area contributed by atoms with Crippen LogP contribution in [0.15, 0.2) is 0 Å². The van der Waals surface area contributed by atoms with Crippen molar-refractivity contribution in [1.29, 1.82) is 0 Å². The van der Waals surface area contributed by atoms with Crippen LogP contribution in [0.5, 0.6) is 0 Å². The Kier molecular flexibility index (Phi) is 5.47. The Morgan fingerprint density at radius 1 is 0.944 bits per heavy atom. The number of hydrogen-bond acceptors (Lipinski definition) is 2. The van der Waals surface area contributed by atoms with Crippen LogP contribution in [-0.4, -0.2) is 48.5 Å². The van der Waals surface area contributed by atoms with E-state index >= 15 is 0 Å². The number of alkyl halides is 1. The minimum atomic E-state index is -3.21. The Labute approximate surface area is 119 Å². The zero-order valence-electron chi connectivity index (χ0n) is 10.9. The molecule has 0 aromatic rings. The van der Waals surface area contributed by atoms with Crippen molar-refractivity contribution < 1.29 is 8.42 Å². The van der Waals surface area contributed by atoms with Gasteiger partial charge >= 0.3 is 0 Å². The maximum absolute atomic E-state index is 12.6. The van der Waals surface area contributed by atoms with Crippen molar-refractivity contribution in [2.75, 3.05) is 31.5 Å². The number of piperidine rings is 1. The third-order valence-electron chi connectivity index (χ3n) is 3.92. The van der Waals surface area contributed by atoms with Gasteiger partial charge in [-0.2, -0.15) is 17.0 Å². The van der Waals surface area contributed by atoms with E-state index in [2.05, 4.69) is 15.9 Å². The van der Waals surface area contributed by atoms with Gasteiger partial charge in [-0.15, -0.1) is 0 Å². The third-order valence-corrected chi connectivity index (χ3v) is 6.84. The lowest BCUT2D eigenvalue weighted by Crippen LogP contribution is -2.48. The minimum absolute atomic E-state index is 0.473. The fraction of sp³-hybridized carbons (Fsp3) is 1.00. The third kappa shape index (κ3) is 3.46. The van der Waals surface area contributed by atoms with Crippen molar-refractivity contribution in [3.63, 3.8) is 0 Å². The summed E-state index contributed by atoms with van der Waals surface area (Å²) >= 11 is 3.48. The molecule has 0 amide bonds. The summed E-state index contributed by atoms with van der Waals surface area (Å²) in [7, 11) is -3.21. The van der Waals surface area contributed by atoms with Crippen LogP contribution in [0.4, 0.5) is 0 Å². The van der Waals surface area contributed by atoms with Gasteiger partial charge in [-0.25, -0.2) is 0 Å². The average Bonchev–Trinajstić information content (AvgIpc) is 2.68. The topological polar surface area (TPSA) is 40.6 Å². The first-order valence-electron chi connectivity index (χ1n) is 6.96. The van der Waals surface area contributed by atoms with Gasteiger partial charge in [0.25, 0.3) is 10.2 Å². The second-order valence-electron chi connectivity index (χ2n) is 5.34. The van der Waals surface area contributed by atoms with Gasteiger partial charge in [0, 0.05) is 31.5 Å². The molecule has 1 unspecified atom stereocenters. The second kappa shape index (κ2) is 6.68. The van der Waals surface area contributed by atoms with Crippen LogP contribution < -0.4 is 0 Å². The largest absolute Gasteiger partial charge is 0.281 e. The molecular formula is C12H23BrN2O2S. The molecule has 2 aliphatic rings. The molecule has 106 valence electrons. The van der Waals surface area contributed by atoms with E-state index < -0.39 is 10.2 Å². The Balaban J connectivity index is 2.04. The zero-order chi connectivity index (χ0) is 13.0. The molecule has 2 rings (SSSR count). The molecule has 2 fully saturated rings. The summed E-state index contributed by atoms with van der Waals surface area (Å²) in [6, 6.07) is 0. The van der Waals surface area contributed by atoms with Crippen molar-refractivity contribution in [3.05, 3.63) is 0 Å². The summed E-state index contributed by atoms with van der Waals surface area (Å²) in [4.78, 5) is 0. The van der Waals surface area contributed by atoms with E-state index in [4.69, 9.17) is 0 Å². The van der Waals surface area contributed by atoms with Crippen molar-refractivity contribution in [3.8, 4) is 0 Å². The first-order valence-corrected chi connectivity index (χ1v) is 9.47. The molecule has 0 spiro atoms. The summed E-state index contributed by atoms with van der Waals surface area (Å²) in [5.41, 5.74) is 0. The van der Waals surface area contributed by atoms with Gasteiger partial charge in [0.05, 0.1) is 0 Å². The fourth-order valence-corrected chi connectivity index (χ4v) is 5.13. The van der Waals surface area contributed by atoms with Crippen LogP contribution >= 0.6 is 15.9 Å². The maximum Gasteiger partial charge on any atom is 0.281 e. The first-order chi connectivity index (χ1) is 8.64. The Morgan fingerprint density at radius 3 is 2.17 bits per heavy atom. The minimum Gasteiger partial charge on any atom is -0.195 e. The van der Waals surface area contributed by atoms with E-state index in [1.54, 1.807) is 8.61 Å². The highest BCUT2D eigenvalue weighted by atomic mass is 79.9. The molecule has 0 N–H and O–H groups in total. The normalized spacial score (nSPS) is 29.1. The fourth-order valence-electron chi connectivity index (χ4n) is 2.80. The van der Waals surface area contributed by atoms with Crippen LogP contribution in [0.2, 0.25) is 0 Å². The van der Waals surface area contributed by atoms with Gasteiger partial charge in [-0.3, -0.25) is 0 Å². The predicted molar refractivity (Wildman–Crippen MR) is 77.1 cm³/mol. The van der Waals surface area contributed by atoms with Gasteiger partial charge in [0.1, 0.15) is 0 Å². The molecule has 0 aliphatic carbocycles. The summed E-state index contributed by atoms with van der Waals surface area (Å²) < 4.78 is 28.6. The van der Waals surface area contributed by atoms with Crippen LogP contribution in [0.25, 0.3) is 0 Å². The Hall–Kier alpha value is 0.350. The number of rotatable bonds is 3. The summed E-state index contributed by atoms with van der Waals surface area (Å²) in [6.45, 7) is 2.79. The van der Waals surface area contributed by atoms with Crippen molar-refractivity contribution in [2.24, 2.45) is 5.92 Å². The van der Waals surface area contributed by atoms with Crippen LogP contribution in [0.1, 0.15) is 38.5 Å². The molecule has 18 heavy (non-hydrogen) atoms. The Bertz CT molecular complexity index is 353. The van der Waals surface area contributed by atoms with E-state index in [1.807, 2.05) is 0 Å². The van der Waals surface area contributed by atoms with Crippen molar-refractivity contribution in [2.45, 2.75) is 38.5 Å². The highest BCUT2D eigenvalue weighted by molar-refractivity contribution is 9.09. The molecule has 2 aliphatic heterocycles. The molecule has 1 atom stereocenters. The molecule has 0 radical (unpaired) electrons. The molecular weight excluding hydrogens is 316 g/mol. The van der Waals surface area contributed by atoms with Gasteiger partial charge in [0.15, 0.2) is 0 Å². The lowest BCUT2D eigenvalue weighted by molar-refractivity contribution is 0.262. The summed E-state index contributed by atoms with van der Waals surface area (Å²) in [5, 5.41) is 0.902. The first kappa shape index (κ1) is 14.8. The molecule has 0 aromatic heterocycles. The molecule has 2 heterocycles. The lowest BCUT2D eigenvalue weighted by Gasteiger charge is -2.34. The molecule has 0 aromatic carbocycles. The molecule has 4 nitrogen and oxygen atoms in total. The van der Waals surface area contributed by atoms with E-state index in [0.717, 1.165) is 43.9 Å². The van der Waals surface area contributed by atoms with E-state index in [-0.39, 0.29) is 0 Å². The molecule has 0 saturated carbocycles. The van der Waals surface area contributed by atoms with E-state index in [0.29, 0.717) is 32.1 Å². The predicted octanol–water partition coefficient (Wildman–Crippen LogP) is 2.21. The smallest absolute Gasteiger partial charge is 0.195 e. The van der Waals surface area contributed by atoms with Crippen LogP contribution in [-0.2, 0) is 10.2 Å². The standard InChI is InChI=1S/C12H23BrN2O2S/c13-10-12-6-5-9-15(11-12)18(16,17)14-7-3-1-2-4-8-14/h12H,1-11H2.